The standard InChI is InChI=1S/C28H32ClF2N5O5/c1-16-21(29)10-17(11-24(16)41-9-6-35-4-7-40-8-5-35)32-28(39)33-18-14-36(15-18)19-12-22(30)26(23(31)13-19)20-2-3-25(37)34-27(20)38/h10-13,18,20H,2-9,14-15H2,1H3,(H2,32,33,39)(H,34,37,38). The van der Waals surface area contributed by atoms with Crippen LogP contribution < -0.4 is 25.6 Å². The van der Waals surface area contributed by atoms with E-state index in [9.17, 15) is 23.2 Å². The van der Waals surface area contributed by atoms with Crippen LogP contribution in [-0.4, -0.2) is 81.3 Å². The summed E-state index contributed by atoms with van der Waals surface area (Å²) in [5.41, 5.74) is 1.22. The first-order valence-corrected chi connectivity index (χ1v) is 13.9. The lowest BCUT2D eigenvalue weighted by molar-refractivity contribution is -0.134. The van der Waals surface area contributed by atoms with Gasteiger partial charge < -0.3 is 25.0 Å². The lowest BCUT2D eigenvalue weighted by Crippen LogP contribution is -2.60. The van der Waals surface area contributed by atoms with Crippen LogP contribution in [-0.2, 0) is 14.3 Å². The molecule has 13 heteroatoms. The van der Waals surface area contributed by atoms with Crippen molar-refractivity contribution in [3.63, 3.8) is 0 Å². The number of carbonyl (C=O) groups is 3. The Morgan fingerprint density at radius 3 is 2.54 bits per heavy atom. The number of benzene rings is 2. The molecule has 0 bridgehead atoms. The molecule has 3 N–H and O–H groups in total. The van der Waals surface area contributed by atoms with Crippen LogP contribution in [0.15, 0.2) is 24.3 Å². The highest BCUT2D eigenvalue weighted by Crippen LogP contribution is 2.34. The van der Waals surface area contributed by atoms with Gasteiger partial charge in [-0.2, -0.15) is 0 Å². The smallest absolute Gasteiger partial charge is 0.319 e. The molecule has 4 amide bonds. The number of rotatable bonds is 8. The molecule has 0 aliphatic carbocycles. The van der Waals surface area contributed by atoms with Crippen molar-refractivity contribution < 1.29 is 32.6 Å². The van der Waals surface area contributed by atoms with Gasteiger partial charge >= 0.3 is 6.03 Å². The lowest BCUT2D eigenvalue weighted by Gasteiger charge is -2.41. The number of ether oxygens (including phenoxy) is 2. The second kappa shape index (κ2) is 12.6. The highest BCUT2D eigenvalue weighted by molar-refractivity contribution is 6.32. The van der Waals surface area contributed by atoms with E-state index >= 15 is 0 Å². The minimum absolute atomic E-state index is 0.0244. The number of amides is 4. The Balaban J connectivity index is 1.12. The normalized spacial score (nSPS) is 19.9. The van der Waals surface area contributed by atoms with Crippen molar-refractivity contribution in [2.45, 2.75) is 31.7 Å². The maximum Gasteiger partial charge on any atom is 0.319 e. The summed E-state index contributed by atoms with van der Waals surface area (Å²) in [6.07, 6.45) is 0.0769. The number of piperidine rings is 1. The van der Waals surface area contributed by atoms with E-state index in [-0.39, 0.29) is 24.4 Å². The summed E-state index contributed by atoms with van der Waals surface area (Å²) in [6.45, 7) is 6.91. The molecule has 5 rings (SSSR count). The maximum atomic E-state index is 14.9. The van der Waals surface area contributed by atoms with E-state index in [1.807, 2.05) is 6.92 Å². The Labute approximate surface area is 241 Å². The van der Waals surface area contributed by atoms with Gasteiger partial charge in [-0.3, -0.25) is 19.8 Å². The van der Waals surface area contributed by atoms with Gasteiger partial charge in [-0.15, -0.1) is 0 Å². The number of morpholine rings is 1. The third kappa shape index (κ3) is 6.88. The van der Waals surface area contributed by atoms with E-state index in [1.165, 1.54) is 12.1 Å². The summed E-state index contributed by atoms with van der Waals surface area (Å²) in [5.74, 6) is -3.31. The van der Waals surface area contributed by atoms with Gasteiger partial charge in [-0.25, -0.2) is 13.6 Å². The van der Waals surface area contributed by atoms with E-state index in [0.717, 1.165) is 25.2 Å². The molecule has 220 valence electrons. The monoisotopic (exact) mass is 591 g/mol. The number of halogens is 3. The lowest BCUT2D eigenvalue weighted by atomic mass is 9.89. The van der Waals surface area contributed by atoms with Crippen LogP contribution >= 0.6 is 11.6 Å². The van der Waals surface area contributed by atoms with Gasteiger partial charge in [0.05, 0.1) is 25.2 Å². The van der Waals surface area contributed by atoms with Crippen molar-refractivity contribution in [2.24, 2.45) is 0 Å². The van der Waals surface area contributed by atoms with Gasteiger partial charge in [0.15, 0.2) is 0 Å². The maximum absolute atomic E-state index is 14.9. The molecule has 41 heavy (non-hydrogen) atoms. The van der Waals surface area contributed by atoms with Gasteiger partial charge in [0.25, 0.3) is 0 Å². The van der Waals surface area contributed by atoms with Crippen molar-refractivity contribution in [1.29, 1.82) is 0 Å². The summed E-state index contributed by atoms with van der Waals surface area (Å²) in [6, 6.07) is 5.03. The summed E-state index contributed by atoms with van der Waals surface area (Å²) in [4.78, 5) is 40.1. The molecular weight excluding hydrogens is 560 g/mol. The first-order chi connectivity index (χ1) is 19.7. The molecule has 2 aromatic rings. The fraction of sp³-hybridized carbons (Fsp3) is 0.464. The number of carbonyl (C=O) groups excluding carboxylic acids is 3. The molecule has 1 atom stereocenters. The fourth-order valence-electron chi connectivity index (χ4n) is 5.17. The Bertz CT molecular complexity index is 1310. The van der Waals surface area contributed by atoms with E-state index in [0.29, 0.717) is 55.1 Å². The zero-order valence-corrected chi connectivity index (χ0v) is 23.4. The Morgan fingerprint density at radius 1 is 1.15 bits per heavy atom. The molecule has 0 radical (unpaired) electrons. The molecule has 3 aliphatic rings. The first kappa shape index (κ1) is 29.0. The van der Waals surface area contributed by atoms with Crippen molar-refractivity contribution in [2.75, 3.05) is 62.8 Å². The van der Waals surface area contributed by atoms with Crippen LogP contribution in [0.4, 0.5) is 25.0 Å². The van der Waals surface area contributed by atoms with Crippen LogP contribution in [0.25, 0.3) is 0 Å². The average molecular weight is 592 g/mol. The predicted molar refractivity (Wildman–Crippen MR) is 149 cm³/mol. The largest absolute Gasteiger partial charge is 0.492 e. The number of hydrogen-bond donors (Lipinski definition) is 3. The quantitative estimate of drug-likeness (QED) is 0.404. The van der Waals surface area contributed by atoms with Gasteiger partial charge in [-0.05, 0) is 31.5 Å². The Kier molecular flexibility index (Phi) is 8.91. The molecule has 3 aliphatic heterocycles. The second-order valence-corrected chi connectivity index (χ2v) is 10.8. The molecule has 3 fully saturated rings. The zero-order valence-electron chi connectivity index (χ0n) is 22.6. The summed E-state index contributed by atoms with van der Waals surface area (Å²) >= 11 is 6.38. The molecule has 1 unspecified atom stereocenters. The SMILES string of the molecule is Cc1c(Cl)cc(NC(=O)NC2CN(c3cc(F)c(C4CCC(=O)NC4=O)c(F)c3)C2)cc1OCCN1CCOCC1. The van der Waals surface area contributed by atoms with Crippen LogP contribution in [0.5, 0.6) is 5.75 Å². The van der Waals surface area contributed by atoms with E-state index in [1.54, 1.807) is 17.0 Å². The van der Waals surface area contributed by atoms with E-state index in [2.05, 4.69) is 20.9 Å². The fourth-order valence-corrected chi connectivity index (χ4v) is 5.38. The van der Waals surface area contributed by atoms with Crippen LogP contribution in [0.2, 0.25) is 5.02 Å². The third-order valence-electron chi connectivity index (χ3n) is 7.56. The molecule has 0 spiro atoms. The van der Waals surface area contributed by atoms with Gasteiger partial charge in [-0.1, -0.05) is 11.6 Å². The summed E-state index contributed by atoms with van der Waals surface area (Å²) < 4.78 is 41.0. The molecule has 10 nitrogen and oxygen atoms in total. The predicted octanol–water partition coefficient (Wildman–Crippen LogP) is 3.17. The van der Waals surface area contributed by atoms with E-state index < -0.39 is 35.4 Å². The molecule has 0 aromatic heterocycles. The first-order valence-electron chi connectivity index (χ1n) is 13.6. The number of imide groups is 1. The summed E-state index contributed by atoms with van der Waals surface area (Å²) in [5, 5.41) is 8.20. The van der Waals surface area contributed by atoms with Crippen molar-refractivity contribution >= 4 is 40.8 Å². The molecule has 2 aromatic carbocycles. The van der Waals surface area contributed by atoms with Crippen molar-refractivity contribution in [1.82, 2.24) is 15.5 Å². The molecule has 0 saturated carbocycles. The van der Waals surface area contributed by atoms with Crippen LogP contribution in [0, 0.1) is 18.6 Å². The second-order valence-electron chi connectivity index (χ2n) is 10.4. The van der Waals surface area contributed by atoms with Gasteiger partial charge in [0.2, 0.25) is 11.8 Å². The van der Waals surface area contributed by atoms with Crippen LogP contribution in [0.3, 0.4) is 0 Å². The Hall–Kier alpha value is -3.48. The third-order valence-corrected chi connectivity index (χ3v) is 7.95. The minimum atomic E-state index is -1.05. The number of nitrogens with zero attached hydrogens (tertiary/aromatic N) is 2. The topological polar surface area (TPSA) is 112 Å². The van der Waals surface area contributed by atoms with E-state index in [4.69, 9.17) is 21.1 Å². The zero-order chi connectivity index (χ0) is 29.1. The summed E-state index contributed by atoms with van der Waals surface area (Å²) in [7, 11) is 0. The highest BCUT2D eigenvalue weighted by atomic mass is 35.5. The Morgan fingerprint density at radius 2 is 1.85 bits per heavy atom. The number of hydrogen-bond acceptors (Lipinski definition) is 7. The van der Waals surface area contributed by atoms with Crippen molar-refractivity contribution in [3.8, 4) is 5.75 Å². The van der Waals surface area contributed by atoms with Crippen LogP contribution in [0.1, 0.15) is 29.9 Å². The molecule has 3 saturated heterocycles. The number of urea groups is 1. The number of anilines is 2. The average Bonchev–Trinajstić information content (AvgIpc) is 2.90. The van der Waals surface area contributed by atoms with Gasteiger partial charge in [0, 0.05) is 72.7 Å². The van der Waals surface area contributed by atoms with Crippen molar-refractivity contribution in [3.05, 3.63) is 52.0 Å². The molecular formula is C28H32ClF2N5O5. The minimum Gasteiger partial charge on any atom is -0.492 e. The van der Waals surface area contributed by atoms with Gasteiger partial charge in [0.1, 0.15) is 24.0 Å². The highest BCUT2D eigenvalue weighted by Gasteiger charge is 2.34. The molecule has 3 heterocycles. The number of nitrogens with one attached hydrogen (secondary N) is 3.